The largest absolute Gasteiger partial charge is 0.394 e. The maximum Gasteiger partial charge on any atom is 0.0698 e. The average Bonchev–Trinajstić information content (AvgIpc) is 2.77. The average molecular weight is 234 g/mol. The summed E-state index contributed by atoms with van der Waals surface area (Å²) in [6.45, 7) is 2.42. The zero-order chi connectivity index (χ0) is 12.1. The van der Waals surface area contributed by atoms with E-state index in [2.05, 4.69) is 28.8 Å². The number of rotatable bonds is 6. The van der Waals surface area contributed by atoms with Crippen LogP contribution in [0.3, 0.4) is 0 Å². The number of ether oxygens (including phenoxy) is 1. The van der Waals surface area contributed by atoms with Gasteiger partial charge in [-0.2, -0.15) is 0 Å². The Morgan fingerprint density at radius 1 is 1.24 bits per heavy atom. The third kappa shape index (κ3) is 2.85. The van der Waals surface area contributed by atoms with Crippen LogP contribution in [0.5, 0.6) is 0 Å². The molecule has 0 saturated heterocycles. The van der Waals surface area contributed by atoms with Crippen molar-refractivity contribution in [1.29, 1.82) is 0 Å². The van der Waals surface area contributed by atoms with Gasteiger partial charge in [0, 0.05) is 24.8 Å². The predicted molar refractivity (Wildman–Crippen MR) is 67.7 cm³/mol. The molecule has 0 aliphatic carbocycles. The van der Waals surface area contributed by atoms with Gasteiger partial charge < -0.3 is 20.1 Å². The van der Waals surface area contributed by atoms with E-state index in [0.717, 1.165) is 12.1 Å². The minimum atomic E-state index is 0.0732. The molecule has 0 aliphatic rings. The highest BCUT2D eigenvalue weighted by molar-refractivity contribution is 5.80. The molecule has 2 aromatic rings. The van der Waals surface area contributed by atoms with Gasteiger partial charge in [-0.3, -0.25) is 0 Å². The SMILES string of the molecule is NCc1ccc2ccn(CCOCCO)c2c1. The van der Waals surface area contributed by atoms with E-state index in [4.69, 9.17) is 15.6 Å². The van der Waals surface area contributed by atoms with Gasteiger partial charge in [0.15, 0.2) is 0 Å². The summed E-state index contributed by atoms with van der Waals surface area (Å²) in [5.41, 5.74) is 7.95. The van der Waals surface area contributed by atoms with Gasteiger partial charge in [0.1, 0.15) is 0 Å². The van der Waals surface area contributed by atoms with Crippen LogP contribution >= 0.6 is 0 Å². The van der Waals surface area contributed by atoms with Crippen LogP contribution in [0.25, 0.3) is 10.9 Å². The maximum atomic E-state index is 8.62. The third-order valence-electron chi connectivity index (χ3n) is 2.79. The molecule has 0 unspecified atom stereocenters. The van der Waals surface area contributed by atoms with Crippen LogP contribution < -0.4 is 5.73 Å². The van der Waals surface area contributed by atoms with Gasteiger partial charge in [-0.05, 0) is 23.1 Å². The predicted octanol–water partition coefficient (Wildman–Crippen LogP) is 1.11. The van der Waals surface area contributed by atoms with E-state index in [0.29, 0.717) is 19.8 Å². The summed E-state index contributed by atoms with van der Waals surface area (Å²) in [5, 5.41) is 9.83. The van der Waals surface area contributed by atoms with Crippen LogP contribution in [0.1, 0.15) is 5.56 Å². The Morgan fingerprint density at radius 3 is 2.88 bits per heavy atom. The van der Waals surface area contributed by atoms with Crippen molar-refractivity contribution in [3.05, 3.63) is 36.0 Å². The molecule has 0 aliphatic heterocycles. The van der Waals surface area contributed by atoms with Crippen molar-refractivity contribution in [1.82, 2.24) is 4.57 Å². The van der Waals surface area contributed by atoms with Crippen molar-refractivity contribution in [2.75, 3.05) is 19.8 Å². The van der Waals surface area contributed by atoms with E-state index >= 15 is 0 Å². The first-order valence-corrected chi connectivity index (χ1v) is 5.81. The van der Waals surface area contributed by atoms with Crippen molar-refractivity contribution in [3.8, 4) is 0 Å². The van der Waals surface area contributed by atoms with E-state index in [-0.39, 0.29) is 6.61 Å². The molecular weight excluding hydrogens is 216 g/mol. The molecule has 2 rings (SSSR count). The fourth-order valence-electron chi connectivity index (χ4n) is 1.88. The topological polar surface area (TPSA) is 60.4 Å². The van der Waals surface area contributed by atoms with Crippen molar-refractivity contribution < 1.29 is 9.84 Å². The number of aliphatic hydroxyl groups is 1. The standard InChI is InChI=1S/C13H18N2O2/c14-10-11-1-2-12-3-4-15(13(12)9-11)5-7-17-8-6-16/h1-4,9,16H,5-8,10,14H2. The summed E-state index contributed by atoms with van der Waals surface area (Å²) in [6.07, 6.45) is 2.05. The lowest BCUT2D eigenvalue weighted by Gasteiger charge is -2.07. The molecule has 0 amide bonds. The highest BCUT2D eigenvalue weighted by Gasteiger charge is 2.01. The van der Waals surface area contributed by atoms with Crippen LogP contribution in [0, 0.1) is 0 Å². The molecule has 1 aromatic carbocycles. The maximum absolute atomic E-state index is 8.62. The van der Waals surface area contributed by atoms with Gasteiger partial charge in [0.2, 0.25) is 0 Å². The second-order valence-electron chi connectivity index (χ2n) is 3.94. The zero-order valence-corrected chi connectivity index (χ0v) is 9.80. The molecule has 0 spiro atoms. The summed E-state index contributed by atoms with van der Waals surface area (Å²) >= 11 is 0. The lowest BCUT2D eigenvalue weighted by Crippen LogP contribution is -2.07. The van der Waals surface area contributed by atoms with Crippen molar-refractivity contribution in [2.24, 2.45) is 5.73 Å². The molecule has 17 heavy (non-hydrogen) atoms. The van der Waals surface area contributed by atoms with Gasteiger partial charge in [0.05, 0.1) is 19.8 Å². The lowest BCUT2D eigenvalue weighted by molar-refractivity contribution is 0.0875. The Morgan fingerprint density at radius 2 is 2.12 bits per heavy atom. The molecule has 0 fully saturated rings. The number of aliphatic hydroxyl groups excluding tert-OH is 1. The minimum absolute atomic E-state index is 0.0732. The fraction of sp³-hybridized carbons (Fsp3) is 0.385. The fourth-order valence-corrected chi connectivity index (χ4v) is 1.88. The Balaban J connectivity index is 2.11. The minimum Gasteiger partial charge on any atom is -0.394 e. The van der Waals surface area contributed by atoms with E-state index in [1.807, 2.05) is 6.20 Å². The number of benzene rings is 1. The Bertz CT molecular complexity index is 479. The first kappa shape index (κ1) is 12.1. The number of hydrogen-bond donors (Lipinski definition) is 2. The number of aromatic nitrogens is 1. The van der Waals surface area contributed by atoms with Gasteiger partial charge in [-0.15, -0.1) is 0 Å². The molecule has 0 bridgehead atoms. The van der Waals surface area contributed by atoms with Crippen LogP contribution in [0.15, 0.2) is 30.5 Å². The van der Waals surface area contributed by atoms with E-state index in [1.165, 1.54) is 10.9 Å². The molecule has 4 nitrogen and oxygen atoms in total. The molecule has 3 N–H and O–H groups in total. The molecular formula is C13H18N2O2. The molecule has 92 valence electrons. The zero-order valence-electron chi connectivity index (χ0n) is 9.80. The van der Waals surface area contributed by atoms with E-state index in [9.17, 15) is 0 Å². The molecule has 0 saturated carbocycles. The molecule has 1 aromatic heterocycles. The van der Waals surface area contributed by atoms with Crippen molar-refractivity contribution >= 4 is 10.9 Å². The van der Waals surface area contributed by atoms with E-state index < -0.39 is 0 Å². The van der Waals surface area contributed by atoms with Gasteiger partial charge in [0.25, 0.3) is 0 Å². The van der Waals surface area contributed by atoms with Crippen molar-refractivity contribution in [2.45, 2.75) is 13.1 Å². The Hall–Kier alpha value is -1.36. The van der Waals surface area contributed by atoms with Gasteiger partial charge in [-0.1, -0.05) is 12.1 Å². The summed E-state index contributed by atoms with van der Waals surface area (Å²) in [6, 6.07) is 8.33. The van der Waals surface area contributed by atoms with Crippen LogP contribution in [0.4, 0.5) is 0 Å². The Labute approximate surface area is 101 Å². The normalized spacial score (nSPS) is 11.2. The van der Waals surface area contributed by atoms with E-state index in [1.54, 1.807) is 0 Å². The van der Waals surface area contributed by atoms with Crippen LogP contribution in [-0.4, -0.2) is 29.5 Å². The highest BCUT2D eigenvalue weighted by Crippen LogP contribution is 2.17. The highest BCUT2D eigenvalue weighted by atomic mass is 16.5. The summed E-state index contributed by atoms with van der Waals surface area (Å²) in [4.78, 5) is 0. The number of hydrogen-bond acceptors (Lipinski definition) is 3. The summed E-state index contributed by atoms with van der Waals surface area (Å²) < 4.78 is 7.41. The summed E-state index contributed by atoms with van der Waals surface area (Å²) in [5.74, 6) is 0. The number of fused-ring (bicyclic) bond motifs is 1. The quantitative estimate of drug-likeness (QED) is 0.736. The smallest absolute Gasteiger partial charge is 0.0698 e. The number of nitrogens with zero attached hydrogens (tertiary/aromatic N) is 1. The Kier molecular flexibility index (Phi) is 4.14. The van der Waals surface area contributed by atoms with Gasteiger partial charge >= 0.3 is 0 Å². The molecule has 4 heteroatoms. The molecule has 0 radical (unpaired) electrons. The first-order valence-electron chi connectivity index (χ1n) is 5.81. The van der Waals surface area contributed by atoms with Crippen LogP contribution in [0.2, 0.25) is 0 Å². The monoisotopic (exact) mass is 234 g/mol. The molecule has 0 atom stereocenters. The third-order valence-corrected chi connectivity index (χ3v) is 2.79. The van der Waals surface area contributed by atoms with Crippen molar-refractivity contribution in [3.63, 3.8) is 0 Å². The molecule has 1 heterocycles. The lowest BCUT2D eigenvalue weighted by atomic mass is 10.2. The summed E-state index contributed by atoms with van der Waals surface area (Å²) in [7, 11) is 0. The number of nitrogens with two attached hydrogens (primary N) is 1. The van der Waals surface area contributed by atoms with Crippen LogP contribution in [-0.2, 0) is 17.8 Å². The second-order valence-corrected chi connectivity index (χ2v) is 3.94. The first-order chi connectivity index (χ1) is 8.35. The second kappa shape index (κ2) is 5.82. The van der Waals surface area contributed by atoms with Gasteiger partial charge in [-0.25, -0.2) is 0 Å².